The first-order valence-electron chi connectivity index (χ1n) is 13.5. The van der Waals surface area contributed by atoms with E-state index in [1.807, 2.05) is 91.0 Å². The van der Waals surface area contributed by atoms with E-state index in [9.17, 15) is 4.79 Å². The number of H-pyrrole nitrogens is 1. The predicted molar refractivity (Wildman–Crippen MR) is 170 cm³/mol. The largest absolute Gasteiger partial charge is 0.324 e. The minimum atomic E-state index is 0.433. The van der Waals surface area contributed by atoms with Gasteiger partial charge in [-0.3, -0.25) is 4.79 Å². The van der Waals surface area contributed by atoms with E-state index in [0.29, 0.717) is 45.9 Å². The third-order valence-electron chi connectivity index (χ3n) is 7.81. The summed E-state index contributed by atoms with van der Waals surface area (Å²) in [6.45, 7) is 0. The van der Waals surface area contributed by atoms with E-state index in [-0.39, 0.29) is 0 Å². The minimum absolute atomic E-state index is 0.433. The molecule has 0 saturated heterocycles. The number of carbonyl (C=O) groups excluding carboxylic acids is 1. The lowest BCUT2D eigenvalue weighted by molar-refractivity contribution is 0.550. The van der Waals surface area contributed by atoms with Crippen LogP contribution in [0.3, 0.4) is 0 Å². The molecule has 9 rings (SSSR count). The Morgan fingerprint density at radius 1 is 0.535 bits per heavy atom. The van der Waals surface area contributed by atoms with Gasteiger partial charge in [-0.15, -0.1) is 0 Å². The highest BCUT2D eigenvalue weighted by atomic mass is 79.9. The fraction of sp³-hybridized carbons (Fsp3) is 0. The number of aromatic amines is 1. The maximum Gasteiger partial charge on any atom is 0.221 e. The van der Waals surface area contributed by atoms with Gasteiger partial charge < -0.3 is 4.98 Å². The van der Waals surface area contributed by atoms with Crippen molar-refractivity contribution >= 4 is 66.5 Å². The zero-order valence-corrected chi connectivity index (χ0v) is 23.7. The van der Waals surface area contributed by atoms with Gasteiger partial charge in [-0.05, 0) is 6.07 Å². The summed E-state index contributed by atoms with van der Waals surface area (Å²) >= 11 is 3.72. The highest BCUT2D eigenvalue weighted by Gasteiger charge is 2.23. The molecule has 1 N–H and O–H groups in total. The molecule has 3 aromatic heterocycles. The van der Waals surface area contributed by atoms with Gasteiger partial charge in [0.15, 0.2) is 34.6 Å². The van der Waals surface area contributed by atoms with Crippen LogP contribution >= 0.6 is 15.9 Å². The van der Waals surface area contributed by atoms with E-state index in [0.717, 1.165) is 54.7 Å². The molecule has 9 nitrogen and oxygen atoms in total. The Morgan fingerprint density at radius 2 is 1.00 bits per heavy atom. The molecule has 0 amide bonds. The number of fused-ring (bicyclic) bond motifs is 20. The molecule has 2 aliphatic heterocycles. The van der Waals surface area contributed by atoms with E-state index in [2.05, 4.69) is 20.9 Å². The second-order valence-electron chi connectivity index (χ2n) is 10.2. The Balaban J connectivity index is 1.55. The van der Waals surface area contributed by atoms with Crippen LogP contribution in [0, 0.1) is 0 Å². The lowest BCUT2D eigenvalue weighted by Gasteiger charge is -1.98. The fourth-order valence-electron chi connectivity index (χ4n) is 5.88. The zero-order valence-electron chi connectivity index (χ0n) is 22.2. The van der Waals surface area contributed by atoms with Crippen molar-refractivity contribution in [1.29, 1.82) is 0 Å². The summed E-state index contributed by atoms with van der Waals surface area (Å²) in [6.07, 6.45) is 0.734. The predicted octanol–water partition coefficient (Wildman–Crippen LogP) is 7.14. The van der Waals surface area contributed by atoms with Gasteiger partial charge >= 0.3 is 0 Å². The van der Waals surface area contributed by atoms with Crippen molar-refractivity contribution in [3.63, 3.8) is 0 Å². The minimum Gasteiger partial charge on any atom is -0.324 e. The summed E-state index contributed by atoms with van der Waals surface area (Å²) in [5.74, 6) is 1.93. The molecule has 0 radical (unpaired) electrons. The van der Waals surface area contributed by atoms with Crippen LogP contribution in [0.4, 0.5) is 0 Å². The first-order chi connectivity index (χ1) is 21.2. The first kappa shape index (κ1) is 24.0. The van der Waals surface area contributed by atoms with E-state index >= 15 is 0 Å². The van der Waals surface area contributed by atoms with Gasteiger partial charge in [-0.2, -0.15) is 0 Å². The highest BCUT2D eigenvalue weighted by Crippen LogP contribution is 2.38. The SMILES string of the molecule is O=Cn1c2nc3nc(nc4[nH]c(nc5nc(nc1c1ccccc12)-c1ccccc1-5)c1c(Br)cccc41)-c1ccccc1-3. The van der Waals surface area contributed by atoms with Crippen molar-refractivity contribution in [1.82, 2.24) is 39.5 Å². The second-order valence-corrected chi connectivity index (χ2v) is 11.1. The van der Waals surface area contributed by atoms with Crippen LogP contribution in [0.1, 0.15) is 0 Å². The van der Waals surface area contributed by atoms with Gasteiger partial charge in [0.2, 0.25) is 6.41 Å². The summed E-state index contributed by atoms with van der Waals surface area (Å²) < 4.78 is 2.33. The van der Waals surface area contributed by atoms with E-state index in [4.69, 9.17) is 29.9 Å². The summed E-state index contributed by atoms with van der Waals surface area (Å²) in [4.78, 5) is 45.9. The van der Waals surface area contributed by atoms with Crippen LogP contribution in [0.15, 0.2) is 95.5 Å². The normalized spacial score (nSPS) is 11.9. The van der Waals surface area contributed by atoms with Crippen molar-refractivity contribution in [2.75, 3.05) is 0 Å². The second kappa shape index (κ2) is 8.94. The Hall–Kier alpha value is -5.61. The van der Waals surface area contributed by atoms with Crippen LogP contribution in [0.25, 0.3) is 89.7 Å². The summed E-state index contributed by atoms with van der Waals surface area (Å²) in [7, 11) is 0. The molecule has 2 aliphatic rings. The molecular formula is C33H17BrN8O. The molecule has 0 atom stereocenters. The zero-order chi connectivity index (χ0) is 28.7. The quantitative estimate of drug-likeness (QED) is 0.194. The maximum absolute atomic E-state index is 12.7. The molecule has 4 aromatic carbocycles. The lowest BCUT2D eigenvalue weighted by atomic mass is 10.1. The molecule has 0 spiro atoms. The summed E-state index contributed by atoms with van der Waals surface area (Å²) in [5.41, 5.74) is 5.40. The number of nitrogens with zero attached hydrogens (tertiary/aromatic N) is 7. The van der Waals surface area contributed by atoms with E-state index < -0.39 is 0 Å². The number of hydrogen-bond donors (Lipinski definition) is 1. The van der Waals surface area contributed by atoms with Gasteiger partial charge in [0.05, 0.1) is 0 Å². The van der Waals surface area contributed by atoms with Crippen molar-refractivity contribution in [2.24, 2.45) is 0 Å². The number of hydrogen-bond acceptors (Lipinski definition) is 7. The van der Waals surface area contributed by atoms with Crippen molar-refractivity contribution in [2.45, 2.75) is 0 Å². The van der Waals surface area contributed by atoms with Crippen molar-refractivity contribution in [3.05, 3.63) is 95.5 Å². The fourth-order valence-corrected chi connectivity index (χ4v) is 6.43. The summed E-state index contributed by atoms with van der Waals surface area (Å²) in [6, 6.07) is 29.3. The average Bonchev–Trinajstić information content (AvgIpc) is 3.75. The third-order valence-corrected chi connectivity index (χ3v) is 8.47. The lowest BCUT2D eigenvalue weighted by Crippen LogP contribution is -1.97. The van der Waals surface area contributed by atoms with Crippen LogP contribution < -0.4 is 0 Å². The third kappa shape index (κ3) is 3.47. The van der Waals surface area contributed by atoms with Gasteiger partial charge in [0, 0.05) is 48.3 Å². The Kier molecular flexibility index (Phi) is 5.00. The molecule has 0 unspecified atom stereocenters. The molecule has 5 heterocycles. The number of carbonyl (C=O) groups is 1. The van der Waals surface area contributed by atoms with Gasteiger partial charge in [-0.25, -0.2) is 34.5 Å². The molecular weight excluding hydrogens is 604 g/mol. The molecule has 7 aromatic rings. The molecule has 0 saturated carbocycles. The van der Waals surface area contributed by atoms with E-state index in [1.54, 1.807) is 0 Å². The maximum atomic E-state index is 12.7. The van der Waals surface area contributed by atoms with Gasteiger partial charge in [-0.1, -0.05) is 101 Å². The van der Waals surface area contributed by atoms with Crippen LogP contribution in [-0.2, 0) is 4.79 Å². The molecule has 43 heavy (non-hydrogen) atoms. The topological polar surface area (TPSA) is 115 Å². The molecule has 202 valence electrons. The molecule has 0 aliphatic carbocycles. The van der Waals surface area contributed by atoms with Crippen LogP contribution in [0.2, 0.25) is 0 Å². The number of benzene rings is 4. The Labute approximate surface area is 251 Å². The number of nitrogens with one attached hydrogen (secondary N) is 1. The van der Waals surface area contributed by atoms with Crippen LogP contribution in [-0.4, -0.2) is 45.9 Å². The molecule has 0 fully saturated rings. The highest BCUT2D eigenvalue weighted by molar-refractivity contribution is 9.10. The first-order valence-corrected chi connectivity index (χ1v) is 14.3. The van der Waals surface area contributed by atoms with Gasteiger partial charge in [0.1, 0.15) is 11.3 Å². The number of aromatic nitrogens is 8. The smallest absolute Gasteiger partial charge is 0.221 e. The Bertz CT molecular complexity index is 2520. The average molecular weight is 621 g/mol. The standard InChI is InChI=1S/C33H17BrN8O/c34-24-15-7-14-23-25(24)31-38-27-18-9-2-4-11-20(18)29(36-27)41-33-22-13-6-5-12-21(22)32(42(33)16-43)40-28-19-10-3-1-8-17(19)26(35-28)37-30(23)39-31/h1-16H,(H,35,36,37,38,39,40,41). The van der Waals surface area contributed by atoms with Crippen molar-refractivity contribution in [3.8, 4) is 45.6 Å². The molecule has 10 heteroatoms. The summed E-state index contributed by atoms with van der Waals surface area (Å²) in [5, 5.41) is 3.30. The monoisotopic (exact) mass is 620 g/mol. The Morgan fingerprint density at radius 3 is 1.53 bits per heavy atom. The molecule has 8 bridgehead atoms. The van der Waals surface area contributed by atoms with E-state index in [1.165, 1.54) is 4.57 Å². The number of rotatable bonds is 1. The van der Waals surface area contributed by atoms with Gasteiger partial charge in [0.25, 0.3) is 0 Å². The number of halogens is 1. The van der Waals surface area contributed by atoms with Crippen molar-refractivity contribution < 1.29 is 4.79 Å². The van der Waals surface area contributed by atoms with Crippen LogP contribution in [0.5, 0.6) is 0 Å².